The van der Waals surface area contributed by atoms with Gasteiger partial charge in [0.2, 0.25) is 17.9 Å². The molecule has 1 aromatic heterocycles. The van der Waals surface area contributed by atoms with Gasteiger partial charge in [-0.3, -0.25) is 9.59 Å². The largest absolute Gasteiger partial charge is 0.542 e. The van der Waals surface area contributed by atoms with Crippen molar-refractivity contribution in [2.45, 2.75) is 57.9 Å². The summed E-state index contributed by atoms with van der Waals surface area (Å²) in [6.45, 7) is 4.06. The normalized spacial score (nSPS) is 12.4. The molecular weight excluding hydrogens is 520 g/mol. The van der Waals surface area contributed by atoms with Crippen LogP contribution >= 0.6 is 11.8 Å². The Bertz CT molecular complexity index is 894. The Hall–Kier alpha value is -2.68. The average molecular weight is 548 g/mol. The highest BCUT2D eigenvalue weighted by atomic mass is 32.2. The molecule has 1 aromatic rings. The van der Waals surface area contributed by atoms with Gasteiger partial charge in [0.1, 0.15) is 11.7 Å². The molecule has 15 heteroatoms. The number of nitrogens with two attached hydrogens (primary N) is 1. The number of Topliss-reactive ketones (excluding diaryl/α,β-unsaturated/α-hetero) is 1. The summed E-state index contributed by atoms with van der Waals surface area (Å²) in [5, 5.41) is 11.4. The van der Waals surface area contributed by atoms with E-state index in [1.165, 1.54) is 10.8 Å². The number of hydrogen-bond acceptors (Lipinski definition) is 7. The number of carbonyl (C=O) groups is 4. The maximum absolute atomic E-state index is 12.2. The molecule has 0 saturated heterocycles. The van der Waals surface area contributed by atoms with Crippen molar-refractivity contribution < 1.29 is 55.2 Å². The van der Waals surface area contributed by atoms with Gasteiger partial charge in [0, 0.05) is 6.07 Å². The van der Waals surface area contributed by atoms with Crippen LogP contribution in [0.25, 0.3) is 0 Å². The number of alkyl halides is 6. The molecule has 36 heavy (non-hydrogen) atoms. The van der Waals surface area contributed by atoms with E-state index in [0.717, 1.165) is 18.2 Å². The predicted octanol–water partition coefficient (Wildman–Crippen LogP) is 2.26. The van der Waals surface area contributed by atoms with Gasteiger partial charge in [0.15, 0.2) is 6.20 Å². The Morgan fingerprint density at radius 3 is 2.17 bits per heavy atom. The highest BCUT2D eigenvalue weighted by Crippen LogP contribution is 2.19. The minimum atomic E-state index is -5.19. The smallest absolute Gasteiger partial charge is 0.450 e. The third kappa shape index (κ3) is 14.7. The third-order valence-corrected chi connectivity index (χ3v) is 5.26. The lowest BCUT2D eigenvalue weighted by atomic mass is 10.1. The first-order valence-corrected chi connectivity index (χ1v) is 11.7. The van der Waals surface area contributed by atoms with Crippen molar-refractivity contribution in [1.29, 1.82) is 0 Å². The van der Waals surface area contributed by atoms with Crippen molar-refractivity contribution in [2.75, 3.05) is 16.8 Å². The summed E-state index contributed by atoms with van der Waals surface area (Å²) in [5.41, 5.74) is 6.24. The van der Waals surface area contributed by atoms with Crippen LogP contribution in [0.4, 0.5) is 32.0 Å². The number of carboxylic acids is 1. The molecule has 1 rings (SSSR count). The number of amides is 1. The zero-order chi connectivity index (χ0) is 28.1. The van der Waals surface area contributed by atoms with Crippen LogP contribution in [0.5, 0.6) is 0 Å². The molecule has 0 radical (unpaired) electrons. The molecule has 0 unspecified atom stereocenters. The van der Waals surface area contributed by atoms with Crippen molar-refractivity contribution in [2.24, 2.45) is 11.7 Å². The van der Waals surface area contributed by atoms with Crippen LogP contribution in [-0.2, 0) is 14.4 Å². The summed E-state index contributed by atoms with van der Waals surface area (Å²) in [6, 6.07) is 2.43. The molecule has 1 heterocycles. The molecule has 0 saturated carbocycles. The van der Waals surface area contributed by atoms with Gasteiger partial charge in [-0.25, -0.2) is 4.79 Å². The summed E-state index contributed by atoms with van der Waals surface area (Å²) in [4.78, 5) is 43.9. The number of ketones is 1. The number of anilines is 1. The van der Waals surface area contributed by atoms with E-state index in [9.17, 15) is 40.7 Å². The van der Waals surface area contributed by atoms with Crippen molar-refractivity contribution in [3.05, 3.63) is 24.5 Å². The summed E-state index contributed by atoms with van der Waals surface area (Å²) in [6.07, 6.45) is -5.06. The lowest BCUT2D eigenvalue weighted by Gasteiger charge is -2.11. The molecule has 0 aliphatic rings. The van der Waals surface area contributed by atoms with Gasteiger partial charge in [-0.05, 0) is 37.0 Å². The Morgan fingerprint density at radius 1 is 1.08 bits per heavy atom. The number of hydrogen-bond donors (Lipinski definition) is 2. The second-order valence-corrected chi connectivity index (χ2v) is 8.93. The second kappa shape index (κ2) is 15.4. The fourth-order valence-corrected chi connectivity index (χ4v) is 3.13. The van der Waals surface area contributed by atoms with Crippen molar-refractivity contribution in [1.82, 2.24) is 0 Å². The Labute approximate surface area is 207 Å². The third-order valence-electron chi connectivity index (χ3n) is 4.21. The molecule has 204 valence electrons. The first-order chi connectivity index (χ1) is 16.4. The van der Waals surface area contributed by atoms with Crippen LogP contribution in [0, 0.1) is 5.92 Å². The average Bonchev–Trinajstić information content (AvgIpc) is 2.76. The standard InChI is InChI=1S/C19H26F3N3O3S.C2HF3O2/c1-13(2)7-8-17(27)25-9-3-5-14(11-25)24-18(28)15(23)6-4-10-29-12-16(26)19(20,21)22;3-2(4,5)1(6)7/h3,5,9,11,13,15H,4,6-8,10,12,23H2,1-2H3;(H,6,7)/t15-;/m0./s1. The van der Waals surface area contributed by atoms with Gasteiger partial charge < -0.3 is 21.0 Å². The van der Waals surface area contributed by atoms with Gasteiger partial charge in [-0.1, -0.05) is 13.8 Å². The number of aliphatic carboxylic acids is 1. The number of nitrogens with zero attached hydrogens (tertiary/aromatic N) is 1. The molecule has 1 atom stereocenters. The number of carbonyl (C=O) groups excluding carboxylic acids is 4. The maximum atomic E-state index is 12.2. The number of rotatable bonds is 11. The van der Waals surface area contributed by atoms with Gasteiger partial charge in [0.25, 0.3) is 0 Å². The number of nitrogens with one attached hydrogen (secondary N) is 1. The molecule has 0 aromatic carbocycles. The maximum Gasteiger partial charge on any atom is 0.450 e. The van der Waals surface area contributed by atoms with E-state index >= 15 is 0 Å². The fourth-order valence-electron chi connectivity index (χ4n) is 2.26. The molecule has 8 nitrogen and oxygen atoms in total. The second-order valence-electron chi connectivity index (χ2n) is 7.82. The molecule has 0 bridgehead atoms. The summed E-state index contributed by atoms with van der Waals surface area (Å²) < 4.78 is 69.3. The lowest BCUT2D eigenvalue weighted by molar-refractivity contribution is -0.573. The number of pyridine rings is 1. The lowest BCUT2D eigenvalue weighted by Crippen LogP contribution is -2.42. The van der Waals surface area contributed by atoms with Crippen LogP contribution in [-0.4, -0.2) is 53.5 Å². The van der Waals surface area contributed by atoms with Crippen molar-refractivity contribution >= 4 is 41.0 Å². The number of carboxylic acid groups (broad SMARTS) is 1. The van der Waals surface area contributed by atoms with Crippen LogP contribution in [0.3, 0.4) is 0 Å². The van der Waals surface area contributed by atoms with E-state index in [-0.39, 0.29) is 12.3 Å². The first kappa shape index (κ1) is 33.3. The SMILES string of the molecule is CC(C)CCC(=O)[n+]1cccc(NC(=O)[C@@H](N)CCCSCC(=O)C(F)(F)F)c1.O=C([O-])C(F)(F)F. The van der Waals surface area contributed by atoms with E-state index in [0.29, 0.717) is 30.2 Å². The van der Waals surface area contributed by atoms with Crippen LogP contribution in [0.2, 0.25) is 0 Å². The minimum Gasteiger partial charge on any atom is -0.542 e. The fraction of sp³-hybridized carbons (Fsp3) is 0.571. The zero-order valence-corrected chi connectivity index (χ0v) is 20.3. The topological polar surface area (TPSA) is 133 Å². The zero-order valence-electron chi connectivity index (χ0n) is 19.4. The molecule has 0 aliphatic carbocycles. The summed E-state index contributed by atoms with van der Waals surface area (Å²) in [7, 11) is 0. The van der Waals surface area contributed by atoms with Crippen LogP contribution < -0.4 is 20.7 Å². The first-order valence-electron chi connectivity index (χ1n) is 10.5. The van der Waals surface area contributed by atoms with Gasteiger partial charge in [-0.2, -0.15) is 38.1 Å². The summed E-state index contributed by atoms with van der Waals surface area (Å²) >= 11 is 0.860. The minimum absolute atomic E-state index is 0.0791. The Balaban J connectivity index is 0.00000152. The Kier molecular flexibility index (Phi) is 14.3. The highest BCUT2D eigenvalue weighted by molar-refractivity contribution is 7.99. The van der Waals surface area contributed by atoms with E-state index in [2.05, 4.69) is 5.32 Å². The van der Waals surface area contributed by atoms with Gasteiger partial charge >= 0.3 is 18.3 Å². The number of aromatic nitrogens is 1. The quantitative estimate of drug-likeness (QED) is 0.247. The molecule has 1 amide bonds. The van der Waals surface area contributed by atoms with Crippen molar-refractivity contribution in [3.8, 4) is 0 Å². The van der Waals surface area contributed by atoms with E-state index in [4.69, 9.17) is 15.6 Å². The van der Waals surface area contributed by atoms with Crippen molar-refractivity contribution in [3.63, 3.8) is 0 Å². The van der Waals surface area contributed by atoms with Gasteiger partial charge in [-0.15, -0.1) is 4.57 Å². The predicted molar refractivity (Wildman–Crippen MR) is 117 cm³/mol. The monoisotopic (exact) mass is 547 g/mol. The highest BCUT2D eigenvalue weighted by Gasteiger charge is 2.37. The number of halogens is 6. The molecule has 0 aliphatic heterocycles. The van der Waals surface area contributed by atoms with E-state index in [1.54, 1.807) is 18.3 Å². The molecule has 0 fully saturated rings. The molecular formula is C21H27F6N3O5S. The molecule has 0 spiro atoms. The Morgan fingerprint density at radius 2 is 1.67 bits per heavy atom. The summed E-state index contributed by atoms with van der Waals surface area (Å²) in [5.74, 6) is -5.25. The molecule has 3 N–H and O–H groups in total. The number of thioether (sulfide) groups is 1. The van der Waals surface area contributed by atoms with Crippen LogP contribution in [0.1, 0.15) is 44.3 Å². The van der Waals surface area contributed by atoms with E-state index in [1.807, 2.05) is 13.8 Å². The van der Waals surface area contributed by atoms with Gasteiger partial charge in [0.05, 0.1) is 18.2 Å². The van der Waals surface area contributed by atoms with E-state index < -0.39 is 41.8 Å². The van der Waals surface area contributed by atoms with Crippen LogP contribution in [0.15, 0.2) is 24.5 Å².